The molecule has 0 saturated heterocycles. The van der Waals surface area contributed by atoms with E-state index in [1.807, 2.05) is 13.8 Å². The van der Waals surface area contributed by atoms with Crippen LogP contribution in [0.25, 0.3) is 0 Å². The van der Waals surface area contributed by atoms with E-state index in [9.17, 15) is 30.3 Å². The Morgan fingerprint density at radius 1 is 1.08 bits per heavy atom. The van der Waals surface area contributed by atoms with Gasteiger partial charge in [-0.1, -0.05) is 27.2 Å². The first-order valence-electron chi connectivity index (χ1n) is 14.9. The first-order chi connectivity index (χ1) is 17.5. The zero-order chi connectivity index (χ0) is 28.3. The Hall–Kier alpha value is -0.830. The molecule has 10 atom stereocenters. The maximum Gasteiger partial charge on any atom is 0.159 e. The summed E-state index contributed by atoms with van der Waals surface area (Å²) >= 11 is 0. The third-order valence-electron chi connectivity index (χ3n) is 11.3. The number of hydrogen-bond acceptors (Lipinski definition) is 7. The highest BCUT2D eigenvalue weighted by molar-refractivity contribution is 5.95. The summed E-state index contributed by atoms with van der Waals surface area (Å²) in [7, 11) is 0. The van der Waals surface area contributed by atoms with Crippen molar-refractivity contribution >= 4 is 5.78 Å². The van der Waals surface area contributed by atoms with Crippen LogP contribution in [-0.2, 0) is 9.53 Å². The van der Waals surface area contributed by atoms with Crippen molar-refractivity contribution in [3.05, 3.63) is 11.6 Å². The van der Waals surface area contributed by atoms with Gasteiger partial charge in [-0.05, 0) is 107 Å². The number of unbranched alkanes of at least 4 members (excludes halogenated alkanes) is 1. The Kier molecular flexibility index (Phi) is 8.10. The molecule has 0 aromatic heterocycles. The molecule has 3 saturated carbocycles. The van der Waals surface area contributed by atoms with Crippen molar-refractivity contribution in [3.8, 4) is 0 Å². The maximum absolute atomic E-state index is 13.4. The lowest BCUT2D eigenvalue weighted by Gasteiger charge is -2.60. The number of hydrogen-bond donors (Lipinski definition) is 5. The molecule has 0 spiro atoms. The molecule has 5 N–H and O–H groups in total. The standard InChI is InChI=1S/C31H52O7/c1-7-8-15-38-26(11-12-27(2,3)35)30(6,36)25-10-14-31(37)20-16-22(32)21-17-23(33)24(34)18-28(21,4)19(20)9-13-29(25,31)5/h16,19,21,23-26,33-37H,7-15,17-18H2,1-6H3/t19-,21-,23+,24-,25-,26+,28+,29+,30+,31+/m0/s1. The summed E-state index contributed by atoms with van der Waals surface area (Å²) in [5.74, 6) is -0.736. The number of carbonyl (C=O) groups excluding carboxylic acids is 1. The van der Waals surface area contributed by atoms with Gasteiger partial charge in [0.2, 0.25) is 0 Å². The summed E-state index contributed by atoms with van der Waals surface area (Å²) in [4.78, 5) is 13.4. The van der Waals surface area contributed by atoms with Crippen LogP contribution in [0, 0.1) is 28.6 Å². The quantitative estimate of drug-likeness (QED) is 0.285. The van der Waals surface area contributed by atoms with Gasteiger partial charge in [0.25, 0.3) is 0 Å². The summed E-state index contributed by atoms with van der Waals surface area (Å²) in [6, 6.07) is 0. The number of aliphatic hydroxyl groups excluding tert-OH is 2. The predicted molar refractivity (Wildman–Crippen MR) is 145 cm³/mol. The van der Waals surface area contributed by atoms with Crippen LogP contribution in [0.5, 0.6) is 0 Å². The molecule has 0 bridgehead atoms. The van der Waals surface area contributed by atoms with Gasteiger partial charge < -0.3 is 30.3 Å². The van der Waals surface area contributed by atoms with E-state index < -0.39 is 45.9 Å². The van der Waals surface area contributed by atoms with Crippen molar-refractivity contribution in [2.24, 2.45) is 28.6 Å². The Balaban J connectivity index is 1.66. The number of rotatable bonds is 9. The molecule has 7 nitrogen and oxygen atoms in total. The maximum atomic E-state index is 13.4. The van der Waals surface area contributed by atoms with Gasteiger partial charge in [0.1, 0.15) is 0 Å². The van der Waals surface area contributed by atoms with Gasteiger partial charge in [-0.25, -0.2) is 0 Å². The van der Waals surface area contributed by atoms with E-state index in [1.165, 1.54) is 0 Å². The molecular weight excluding hydrogens is 484 g/mol. The second kappa shape index (κ2) is 10.2. The van der Waals surface area contributed by atoms with Crippen molar-refractivity contribution in [2.45, 2.75) is 141 Å². The zero-order valence-corrected chi connectivity index (χ0v) is 24.4. The summed E-state index contributed by atoms with van der Waals surface area (Å²) in [5, 5.41) is 55.9. The molecular formula is C31H52O7. The normalized spacial score (nSPS) is 43.5. The minimum atomic E-state index is -1.24. The third kappa shape index (κ3) is 4.83. The number of carbonyl (C=O) groups is 1. The van der Waals surface area contributed by atoms with E-state index in [1.54, 1.807) is 19.9 Å². The molecule has 0 unspecified atom stereocenters. The van der Waals surface area contributed by atoms with Crippen molar-refractivity contribution in [1.82, 2.24) is 0 Å². The van der Waals surface area contributed by atoms with Crippen molar-refractivity contribution in [1.29, 1.82) is 0 Å². The van der Waals surface area contributed by atoms with E-state index in [-0.39, 0.29) is 30.0 Å². The molecule has 4 rings (SSSR count). The van der Waals surface area contributed by atoms with Gasteiger partial charge in [0.15, 0.2) is 5.78 Å². The van der Waals surface area contributed by atoms with Gasteiger partial charge in [0, 0.05) is 17.9 Å². The highest BCUT2D eigenvalue weighted by atomic mass is 16.5. The van der Waals surface area contributed by atoms with E-state index in [4.69, 9.17) is 4.74 Å². The van der Waals surface area contributed by atoms with Crippen molar-refractivity contribution in [2.75, 3.05) is 6.61 Å². The van der Waals surface area contributed by atoms with E-state index in [0.29, 0.717) is 45.1 Å². The Bertz CT molecular complexity index is 922. The fraction of sp³-hybridized carbons (Fsp3) is 0.903. The molecule has 0 amide bonds. The summed E-state index contributed by atoms with van der Waals surface area (Å²) in [5.41, 5.74) is -3.76. The van der Waals surface area contributed by atoms with Crippen LogP contribution in [0.1, 0.15) is 106 Å². The molecule has 218 valence electrons. The lowest BCUT2D eigenvalue weighted by Crippen LogP contribution is -2.63. The topological polar surface area (TPSA) is 127 Å². The van der Waals surface area contributed by atoms with E-state index >= 15 is 0 Å². The molecule has 7 heteroatoms. The highest BCUT2D eigenvalue weighted by Crippen LogP contribution is 2.68. The Morgan fingerprint density at radius 2 is 1.76 bits per heavy atom. The van der Waals surface area contributed by atoms with Crippen LogP contribution in [0.2, 0.25) is 0 Å². The fourth-order valence-corrected chi connectivity index (χ4v) is 8.93. The van der Waals surface area contributed by atoms with Gasteiger partial charge in [-0.15, -0.1) is 0 Å². The number of fused-ring (bicyclic) bond motifs is 5. The smallest absolute Gasteiger partial charge is 0.159 e. The molecule has 4 aliphatic carbocycles. The second-order valence-electron chi connectivity index (χ2n) is 14.4. The molecule has 4 aliphatic rings. The summed E-state index contributed by atoms with van der Waals surface area (Å²) < 4.78 is 6.28. The van der Waals surface area contributed by atoms with Gasteiger partial charge in [0.05, 0.1) is 35.1 Å². The number of ether oxygens (including phenoxy) is 1. The summed E-state index contributed by atoms with van der Waals surface area (Å²) in [6.07, 6.45) is 5.36. The van der Waals surface area contributed by atoms with Crippen molar-refractivity contribution in [3.63, 3.8) is 0 Å². The minimum Gasteiger partial charge on any atom is -0.390 e. The molecule has 0 aromatic carbocycles. The third-order valence-corrected chi connectivity index (χ3v) is 11.3. The van der Waals surface area contributed by atoms with E-state index in [2.05, 4.69) is 13.8 Å². The zero-order valence-electron chi connectivity index (χ0n) is 24.4. The van der Waals surface area contributed by atoms with Crippen LogP contribution >= 0.6 is 0 Å². The average molecular weight is 537 g/mol. The second-order valence-corrected chi connectivity index (χ2v) is 14.4. The first-order valence-corrected chi connectivity index (χ1v) is 14.9. The Morgan fingerprint density at radius 3 is 2.39 bits per heavy atom. The molecule has 3 fully saturated rings. The molecule has 0 radical (unpaired) electrons. The number of aliphatic hydroxyl groups is 5. The lowest BCUT2D eigenvalue weighted by atomic mass is 9.45. The first kappa shape index (κ1) is 30.1. The largest absolute Gasteiger partial charge is 0.390 e. The van der Waals surface area contributed by atoms with Crippen molar-refractivity contribution < 1.29 is 35.1 Å². The Labute approximate surface area is 228 Å². The monoisotopic (exact) mass is 536 g/mol. The van der Waals surface area contributed by atoms with E-state index in [0.717, 1.165) is 24.8 Å². The molecule has 0 aromatic rings. The number of ketones is 1. The van der Waals surface area contributed by atoms with Crippen LogP contribution in [0.3, 0.4) is 0 Å². The molecule has 0 heterocycles. The SMILES string of the molecule is CCCCO[C@H](CCC(C)(C)O)[C@](C)(O)[C@H]1CC[C@@]2(O)C3=CC(=O)[C@@H]4C[C@@H](O)[C@@H](O)C[C@]4(C)[C@H]3CC[C@]12C. The molecule has 0 aliphatic heterocycles. The van der Waals surface area contributed by atoms with Crippen LogP contribution in [0.4, 0.5) is 0 Å². The highest BCUT2D eigenvalue weighted by Gasteiger charge is 2.69. The fourth-order valence-electron chi connectivity index (χ4n) is 8.93. The lowest BCUT2D eigenvalue weighted by molar-refractivity contribution is -0.187. The van der Waals surface area contributed by atoms with Crippen LogP contribution in [0.15, 0.2) is 11.6 Å². The average Bonchev–Trinajstić information content (AvgIpc) is 3.09. The minimum absolute atomic E-state index is 0.0547. The van der Waals surface area contributed by atoms with Gasteiger partial charge >= 0.3 is 0 Å². The summed E-state index contributed by atoms with van der Waals surface area (Å²) in [6.45, 7) is 12.1. The van der Waals surface area contributed by atoms with Crippen LogP contribution in [-0.4, -0.2) is 73.0 Å². The van der Waals surface area contributed by atoms with Crippen LogP contribution < -0.4 is 0 Å². The number of allylic oxidation sites excluding steroid dienone is 1. The molecule has 38 heavy (non-hydrogen) atoms. The predicted octanol–water partition coefficient (Wildman–Crippen LogP) is 3.68. The van der Waals surface area contributed by atoms with Gasteiger partial charge in [-0.3, -0.25) is 4.79 Å². The van der Waals surface area contributed by atoms with Gasteiger partial charge in [-0.2, -0.15) is 0 Å².